The van der Waals surface area contributed by atoms with Crippen molar-refractivity contribution in [2.45, 2.75) is 32.4 Å². The van der Waals surface area contributed by atoms with Gasteiger partial charge in [-0.3, -0.25) is 0 Å². The van der Waals surface area contributed by atoms with E-state index >= 15 is 0 Å². The Kier molecular flexibility index (Phi) is 4.06. The number of aromatic nitrogens is 3. The van der Waals surface area contributed by atoms with Gasteiger partial charge in [0.1, 0.15) is 0 Å². The van der Waals surface area contributed by atoms with Crippen molar-refractivity contribution in [1.29, 1.82) is 0 Å². The van der Waals surface area contributed by atoms with Gasteiger partial charge in [-0.05, 0) is 37.5 Å². The van der Waals surface area contributed by atoms with Crippen molar-refractivity contribution in [3.63, 3.8) is 0 Å². The van der Waals surface area contributed by atoms with E-state index in [-0.39, 0.29) is 6.04 Å². The average molecular weight is 331 g/mol. The molecule has 25 heavy (non-hydrogen) atoms. The zero-order valence-corrected chi connectivity index (χ0v) is 14.4. The first-order chi connectivity index (χ1) is 12.2. The highest BCUT2D eigenvalue weighted by Gasteiger charge is 2.28. The Hall–Kier alpha value is -2.95. The molecule has 3 aromatic rings. The van der Waals surface area contributed by atoms with E-state index in [0.29, 0.717) is 12.0 Å². The van der Waals surface area contributed by atoms with Gasteiger partial charge in [0.25, 0.3) is 0 Å². The van der Waals surface area contributed by atoms with Gasteiger partial charge < -0.3 is 10.2 Å². The summed E-state index contributed by atoms with van der Waals surface area (Å²) in [6.07, 6.45) is 2.75. The second-order valence-electron chi connectivity index (χ2n) is 6.47. The highest BCUT2D eigenvalue weighted by molar-refractivity contribution is 5.68. The van der Waals surface area contributed by atoms with Gasteiger partial charge in [0.05, 0.1) is 12.2 Å². The van der Waals surface area contributed by atoms with E-state index in [1.165, 1.54) is 16.8 Å². The van der Waals surface area contributed by atoms with Crippen LogP contribution >= 0.6 is 0 Å². The van der Waals surface area contributed by atoms with Crippen LogP contribution in [0.3, 0.4) is 0 Å². The van der Waals surface area contributed by atoms with Crippen LogP contribution < -0.4 is 10.2 Å². The topological polar surface area (TPSA) is 53.9 Å². The Morgan fingerprint density at radius 1 is 1.08 bits per heavy atom. The smallest absolute Gasteiger partial charge is 0.245 e. The van der Waals surface area contributed by atoms with Crippen LogP contribution in [0.1, 0.15) is 31.0 Å². The lowest BCUT2D eigenvalue weighted by Crippen LogP contribution is -2.25. The number of rotatable bonds is 4. The molecule has 1 aliphatic rings. The number of fused-ring (bicyclic) bond motifs is 1. The molecule has 4 rings (SSSR count). The molecule has 2 aromatic carbocycles. The maximum absolute atomic E-state index is 4.71. The lowest BCUT2D eigenvalue weighted by atomic mass is 10.1. The second kappa shape index (κ2) is 6.51. The van der Waals surface area contributed by atoms with Gasteiger partial charge in [-0.2, -0.15) is 10.1 Å². The molecule has 0 amide bonds. The van der Waals surface area contributed by atoms with Gasteiger partial charge in [0, 0.05) is 11.7 Å². The molecule has 0 saturated heterocycles. The fraction of sp³-hybridized carbons (Fsp3) is 0.250. The summed E-state index contributed by atoms with van der Waals surface area (Å²) in [6.45, 7) is 4.31. The van der Waals surface area contributed by atoms with E-state index in [0.717, 1.165) is 12.2 Å². The third-order valence-corrected chi connectivity index (χ3v) is 4.65. The SMILES string of the molecule is CC(Nc1nncc(N2c3ccccc3CC2C)n1)c1ccccc1. The van der Waals surface area contributed by atoms with Crippen LogP contribution in [-0.4, -0.2) is 21.2 Å². The number of nitrogens with zero attached hydrogens (tertiary/aromatic N) is 4. The molecule has 2 heterocycles. The van der Waals surface area contributed by atoms with Crippen LogP contribution in [0.25, 0.3) is 0 Å². The standard InChI is InChI=1S/C20H21N5/c1-14-12-17-10-6-7-11-18(17)25(14)19-13-21-24-20(23-19)22-15(2)16-8-4-3-5-9-16/h3-11,13-15H,12H2,1-2H3,(H,22,23,24). The maximum Gasteiger partial charge on any atom is 0.245 e. The van der Waals surface area contributed by atoms with E-state index in [4.69, 9.17) is 4.98 Å². The molecule has 0 fully saturated rings. The quantitative estimate of drug-likeness (QED) is 0.779. The fourth-order valence-electron chi connectivity index (χ4n) is 3.41. The van der Waals surface area contributed by atoms with E-state index in [1.807, 2.05) is 18.2 Å². The summed E-state index contributed by atoms with van der Waals surface area (Å²) in [5, 5.41) is 11.7. The first kappa shape index (κ1) is 15.6. The Balaban J connectivity index is 1.60. The fourth-order valence-corrected chi connectivity index (χ4v) is 3.41. The van der Waals surface area contributed by atoms with Gasteiger partial charge in [-0.1, -0.05) is 48.5 Å². The highest BCUT2D eigenvalue weighted by Crippen LogP contribution is 2.37. The minimum atomic E-state index is 0.113. The Morgan fingerprint density at radius 2 is 1.84 bits per heavy atom. The third-order valence-electron chi connectivity index (χ3n) is 4.65. The number of nitrogens with one attached hydrogen (secondary N) is 1. The number of para-hydroxylation sites is 1. The summed E-state index contributed by atoms with van der Waals surface area (Å²) in [6, 6.07) is 19.2. The van der Waals surface area contributed by atoms with Crippen molar-refractivity contribution >= 4 is 17.5 Å². The van der Waals surface area contributed by atoms with Crippen molar-refractivity contribution in [1.82, 2.24) is 15.2 Å². The first-order valence-corrected chi connectivity index (χ1v) is 8.60. The largest absolute Gasteiger partial charge is 0.346 e. The van der Waals surface area contributed by atoms with Crippen molar-refractivity contribution in [2.24, 2.45) is 0 Å². The minimum Gasteiger partial charge on any atom is -0.346 e. The van der Waals surface area contributed by atoms with E-state index in [9.17, 15) is 0 Å². The van der Waals surface area contributed by atoms with Crippen molar-refractivity contribution in [2.75, 3.05) is 10.2 Å². The summed E-state index contributed by atoms with van der Waals surface area (Å²) in [4.78, 5) is 6.95. The molecule has 1 aliphatic heterocycles. The Labute approximate surface area is 147 Å². The predicted molar refractivity (Wildman–Crippen MR) is 100 cm³/mol. The molecule has 0 radical (unpaired) electrons. The Morgan fingerprint density at radius 3 is 2.68 bits per heavy atom. The molecule has 0 saturated carbocycles. The molecule has 1 N–H and O–H groups in total. The molecule has 1 aromatic heterocycles. The normalized spacial score (nSPS) is 17.2. The van der Waals surface area contributed by atoms with Crippen molar-refractivity contribution in [3.8, 4) is 0 Å². The zero-order valence-electron chi connectivity index (χ0n) is 14.4. The van der Waals surface area contributed by atoms with Gasteiger partial charge in [0.15, 0.2) is 5.82 Å². The second-order valence-corrected chi connectivity index (χ2v) is 6.47. The molecule has 0 spiro atoms. The monoisotopic (exact) mass is 331 g/mol. The number of hydrogen-bond acceptors (Lipinski definition) is 5. The number of hydrogen-bond donors (Lipinski definition) is 1. The van der Waals surface area contributed by atoms with Crippen molar-refractivity contribution < 1.29 is 0 Å². The average Bonchev–Trinajstić information content (AvgIpc) is 2.98. The van der Waals surface area contributed by atoms with Crippen LogP contribution in [0.5, 0.6) is 0 Å². The lowest BCUT2D eigenvalue weighted by Gasteiger charge is -2.24. The summed E-state index contributed by atoms with van der Waals surface area (Å²) >= 11 is 0. The van der Waals surface area contributed by atoms with E-state index < -0.39 is 0 Å². The van der Waals surface area contributed by atoms with E-state index in [2.05, 4.69) is 70.7 Å². The Bertz CT molecular complexity index is 865. The highest BCUT2D eigenvalue weighted by atomic mass is 15.3. The molecule has 5 nitrogen and oxygen atoms in total. The van der Waals surface area contributed by atoms with Crippen LogP contribution in [0.2, 0.25) is 0 Å². The molecule has 2 atom stereocenters. The summed E-state index contributed by atoms with van der Waals surface area (Å²) in [5.74, 6) is 1.38. The molecule has 0 bridgehead atoms. The zero-order chi connectivity index (χ0) is 17.2. The lowest BCUT2D eigenvalue weighted by molar-refractivity contribution is 0.741. The van der Waals surface area contributed by atoms with Gasteiger partial charge in [0.2, 0.25) is 5.95 Å². The molecule has 0 aliphatic carbocycles. The number of anilines is 3. The first-order valence-electron chi connectivity index (χ1n) is 8.60. The summed E-state index contributed by atoms with van der Waals surface area (Å²) in [5.41, 5.74) is 3.75. The van der Waals surface area contributed by atoms with Crippen LogP contribution in [0.4, 0.5) is 17.5 Å². The molecular formula is C20H21N5. The van der Waals surface area contributed by atoms with E-state index in [1.54, 1.807) is 6.20 Å². The van der Waals surface area contributed by atoms with Gasteiger partial charge >= 0.3 is 0 Å². The molecule has 126 valence electrons. The van der Waals surface area contributed by atoms with Crippen LogP contribution in [0.15, 0.2) is 60.8 Å². The minimum absolute atomic E-state index is 0.113. The molecule has 2 unspecified atom stereocenters. The van der Waals surface area contributed by atoms with Crippen LogP contribution in [-0.2, 0) is 6.42 Å². The predicted octanol–water partition coefficient (Wildman–Crippen LogP) is 4.13. The summed E-state index contributed by atoms with van der Waals surface area (Å²) in [7, 11) is 0. The number of benzene rings is 2. The van der Waals surface area contributed by atoms with Gasteiger partial charge in [-0.25, -0.2) is 0 Å². The van der Waals surface area contributed by atoms with Gasteiger partial charge in [-0.15, -0.1) is 5.10 Å². The molecule has 5 heteroatoms. The molecular weight excluding hydrogens is 310 g/mol. The summed E-state index contributed by atoms with van der Waals surface area (Å²) < 4.78 is 0. The maximum atomic E-state index is 4.71. The van der Waals surface area contributed by atoms with Crippen LogP contribution in [0, 0.1) is 0 Å². The third kappa shape index (κ3) is 3.05. The van der Waals surface area contributed by atoms with Crippen molar-refractivity contribution in [3.05, 3.63) is 71.9 Å².